The molecule has 1 aliphatic heterocycles. The zero-order chi connectivity index (χ0) is 23.8. The van der Waals surface area contributed by atoms with Crippen molar-refractivity contribution in [2.24, 2.45) is 5.10 Å². The number of rotatable bonds is 11. The van der Waals surface area contributed by atoms with E-state index >= 15 is 0 Å². The van der Waals surface area contributed by atoms with E-state index in [-0.39, 0.29) is 6.04 Å². The number of halogens is 3. The molecule has 0 aromatic carbocycles. The molecule has 0 bridgehead atoms. The Hall–Kier alpha value is -1.58. The van der Waals surface area contributed by atoms with Gasteiger partial charge >= 0.3 is 6.18 Å². The van der Waals surface area contributed by atoms with Crippen LogP contribution in [0.3, 0.4) is 0 Å². The predicted octanol–water partition coefficient (Wildman–Crippen LogP) is 3.98. The van der Waals surface area contributed by atoms with E-state index in [0.29, 0.717) is 26.2 Å². The summed E-state index contributed by atoms with van der Waals surface area (Å²) < 4.78 is 44.2. The van der Waals surface area contributed by atoms with E-state index in [9.17, 15) is 13.2 Å². The van der Waals surface area contributed by atoms with Crippen LogP contribution >= 0.6 is 0 Å². The number of hydrogen-bond acceptors (Lipinski definition) is 6. The monoisotopic (exact) mass is 447 g/mol. The van der Waals surface area contributed by atoms with Gasteiger partial charge in [-0.2, -0.15) is 18.3 Å². The molecule has 0 N–H and O–H groups in total. The molecule has 180 valence electrons. The molecule has 0 spiro atoms. The zero-order valence-electron chi connectivity index (χ0n) is 20.2. The number of methoxy groups -OCH3 is 1. The van der Waals surface area contributed by atoms with Crippen molar-refractivity contribution < 1.29 is 17.9 Å². The normalized spacial score (nSPS) is 20.3. The number of hydrogen-bond donors (Lipinski definition) is 0. The third-order valence-corrected chi connectivity index (χ3v) is 6.16. The van der Waals surface area contributed by atoms with E-state index in [1.807, 2.05) is 41.0 Å². The van der Waals surface area contributed by atoms with Crippen molar-refractivity contribution in [1.29, 1.82) is 0 Å². The van der Waals surface area contributed by atoms with Gasteiger partial charge in [0.25, 0.3) is 0 Å². The number of hydrazone groups is 1. The first-order chi connectivity index (χ1) is 14.4. The number of likely N-dealkylation sites (N-methyl/N-ethyl adjacent to an activating group) is 2. The summed E-state index contributed by atoms with van der Waals surface area (Å²) in [4.78, 5) is 5.77. The summed E-state index contributed by atoms with van der Waals surface area (Å²) in [5.74, 6) is 0. The summed E-state index contributed by atoms with van der Waals surface area (Å²) in [6.07, 6.45) is 0.270. The van der Waals surface area contributed by atoms with Crippen LogP contribution in [-0.2, 0) is 4.74 Å². The molecule has 1 fully saturated rings. The fourth-order valence-corrected chi connectivity index (χ4v) is 3.98. The molecule has 1 aliphatic rings. The van der Waals surface area contributed by atoms with Crippen molar-refractivity contribution in [3.8, 4) is 0 Å². The van der Waals surface area contributed by atoms with Gasteiger partial charge in [-0.3, -0.25) is 14.8 Å². The molecule has 0 saturated carbocycles. The fraction of sp³-hybridized carbons (Fsp3) is 0.773. The maximum atomic E-state index is 12.8. The molecular formula is C22H40F3N5O. The minimum absolute atomic E-state index is 0.0241. The Balaban J connectivity index is 3.24. The molecule has 0 radical (unpaired) electrons. The van der Waals surface area contributed by atoms with E-state index in [4.69, 9.17) is 4.74 Å². The summed E-state index contributed by atoms with van der Waals surface area (Å²) in [7, 11) is 3.53. The van der Waals surface area contributed by atoms with Crippen LogP contribution in [0.15, 0.2) is 29.2 Å². The average Bonchev–Trinajstić information content (AvgIpc) is 2.73. The van der Waals surface area contributed by atoms with Gasteiger partial charge < -0.3 is 9.64 Å². The molecule has 9 heteroatoms. The van der Waals surface area contributed by atoms with E-state index in [1.165, 1.54) is 4.90 Å². The lowest BCUT2D eigenvalue weighted by Crippen LogP contribution is -2.54. The van der Waals surface area contributed by atoms with Gasteiger partial charge in [0.2, 0.25) is 0 Å². The lowest BCUT2D eigenvalue weighted by atomic mass is 9.97. The maximum Gasteiger partial charge on any atom is 0.401 e. The van der Waals surface area contributed by atoms with Crippen LogP contribution in [0.1, 0.15) is 41.0 Å². The molecule has 1 rings (SSSR count). The standard InChI is InChI=1S/C22H40F3N5O/c1-9-12-26-27(7)21(6,31-8)18(4)20(29(10-2)11-3)19(5)30-15-13-28(14-16-30)17-22(23,24)25/h10,12,19H,2,9,11,13-17H2,1,3-8H3/b20-18-,26-12-. The average molecular weight is 448 g/mol. The Labute approximate surface area is 186 Å². The van der Waals surface area contributed by atoms with Crippen molar-refractivity contribution >= 4 is 6.21 Å². The highest BCUT2D eigenvalue weighted by atomic mass is 19.4. The van der Waals surface area contributed by atoms with E-state index < -0.39 is 18.4 Å². The van der Waals surface area contributed by atoms with Crippen LogP contribution in [0.4, 0.5) is 13.2 Å². The molecule has 2 atom stereocenters. The Morgan fingerprint density at radius 3 is 2.23 bits per heavy atom. The van der Waals surface area contributed by atoms with Crippen molar-refractivity contribution in [2.75, 3.05) is 53.4 Å². The molecule has 1 saturated heterocycles. The largest absolute Gasteiger partial charge is 0.401 e. The zero-order valence-corrected chi connectivity index (χ0v) is 20.2. The second-order valence-electron chi connectivity index (χ2n) is 8.00. The minimum Gasteiger partial charge on any atom is -0.354 e. The molecule has 31 heavy (non-hydrogen) atoms. The summed E-state index contributed by atoms with van der Waals surface area (Å²) in [6, 6.07) is -0.0241. The number of nitrogens with zero attached hydrogens (tertiary/aromatic N) is 5. The predicted molar refractivity (Wildman–Crippen MR) is 121 cm³/mol. The van der Waals surface area contributed by atoms with Gasteiger partial charge in [-0.05, 0) is 40.3 Å². The van der Waals surface area contributed by atoms with Gasteiger partial charge in [-0.1, -0.05) is 13.5 Å². The number of piperazine rings is 1. The Kier molecular flexibility index (Phi) is 10.5. The quantitative estimate of drug-likeness (QED) is 0.272. The van der Waals surface area contributed by atoms with Crippen molar-refractivity contribution in [3.63, 3.8) is 0 Å². The van der Waals surface area contributed by atoms with Crippen molar-refractivity contribution in [1.82, 2.24) is 19.7 Å². The highest BCUT2D eigenvalue weighted by Gasteiger charge is 2.38. The number of alkyl halides is 3. The first-order valence-electron chi connectivity index (χ1n) is 10.9. The van der Waals surface area contributed by atoms with Crippen LogP contribution < -0.4 is 0 Å². The third kappa shape index (κ3) is 7.22. The first kappa shape index (κ1) is 27.5. The van der Waals surface area contributed by atoms with Crippen LogP contribution in [-0.4, -0.2) is 97.3 Å². The van der Waals surface area contributed by atoms with Crippen LogP contribution in [0.5, 0.6) is 0 Å². The van der Waals surface area contributed by atoms with Crippen LogP contribution in [0, 0.1) is 0 Å². The molecular weight excluding hydrogens is 407 g/mol. The van der Waals surface area contributed by atoms with E-state index in [0.717, 1.165) is 24.2 Å². The van der Waals surface area contributed by atoms with Gasteiger partial charge in [0.15, 0.2) is 5.72 Å². The summed E-state index contributed by atoms with van der Waals surface area (Å²) >= 11 is 0. The molecule has 2 unspecified atom stereocenters. The van der Waals surface area contributed by atoms with Gasteiger partial charge in [0.1, 0.15) is 0 Å². The molecule has 0 aliphatic carbocycles. The molecule has 0 aromatic rings. The van der Waals surface area contributed by atoms with Crippen molar-refractivity contribution in [2.45, 2.75) is 59.0 Å². The van der Waals surface area contributed by atoms with Crippen LogP contribution in [0.2, 0.25) is 0 Å². The SMILES string of the molecule is C=CN(CC)/C(=C(/C)C(C)(OC)N(C)/N=C\CC)C(C)N1CCN(CC(F)(F)F)CC1. The summed E-state index contributed by atoms with van der Waals surface area (Å²) in [5, 5.41) is 6.30. The molecule has 0 amide bonds. The Bertz CT molecular complexity index is 629. The molecule has 0 aromatic heterocycles. The fourth-order valence-electron chi connectivity index (χ4n) is 3.98. The van der Waals surface area contributed by atoms with Gasteiger partial charge in [0, 0.05) is 70.4 Å². The highest BCUT2D eigenvalue weighted by Crippen LogP contribution is 2.32. The smallest absolute Gasteiger partial charge is 0.354 e. The molecule has 1 heterocycles. The highest BCUT2D eigenvalue weighted by molar-refractivity contribution is 5.56. The van der Waals surface area contributed by atoms with Gasteiger partial charge in [-0.25, -0.2) is 0 Å². The second kappa shape index (κ2) is 11.9. The Morgan fingerprint density at radius 2 is 1.81 bits per heavy atom. The Morgan fingerprint density at radius 1 is 1.23 bits per heavy atom. The first-order valence-corrected chi connectivity index (χ1v) is 10.9. The van der Waals surface area contributed by atoms with Gasteiger partial charge in [0.05, 0.1) is 6.54 Å². The topological polar surface area (TPSA) is 34.6 Å². The third-order valence-electron chi connectivity index (χ3n) is 6.16. The maximum absolute atomic E-state index is 12.8. The lowest BCUT2D eigenvalue weighted by molar-refractivity contribution is -0.149. The van der Waals surface area contributed by atoms with Gasteiger partial charge in [-0.15, -0.1) is 0 Å². The van der Waals surface area contributed by atoms with E-state index in [2.05, 4.69) is 28.4 Å². The number of ether oxygens (including phenoxy) is 1. The lowest BCUT2D eigenvalue weighted by Gasteiger charge is -2.44. The van der Waals surface area contributed by atoms with Crippen LogP contribution in [0.25, 0.3) is 0 Å². The summed E-state index contributed by atoms with van der Waals surface area (Å²) in [5.41, 5.74) is 1.23. The summed E-state index contributed by atoms with van der Waals surface area (Å²) in [6.45, 7) is 15.9. The van der Waals surface area contributed by atoms with Crippen molar-refractivity contribution in [3.05, 3.63) is 24.0 Å². The van der Waals surface area contributed by atoms with E-state index in [1.54, 1.807) is 18.3 Å². The minimum atomic E-state index is -4.17. The second-order valence-corrected chi connectivity index (χ2v) is 8.00. The molecule has 6 nitrogen and oxygen atoms in total.